The first kappa shape index (κ1) is 12.3. The van der Waals surface area contributed by atoms with Gasteiger partial charge in [0.15, 0.2) is 5.82 Å². The van der Waals surface area contributed by atoms with Crippen molar-refractivity contribution in [3.63, 3.8) is 0 Å². The standard InChI is InChI=1S/C13H15N3O2/c1-8(2)11-4-5-16(15-11)12-9(3)6-10(7-14-12)13(17)18/h4-8H,1-3H3,(H,17,18). The SMILES string of the molecule is Cc1cc(C(=O)O)cnc1-n1ccc(C(C)C)n1. The van der Waals surface area contributed by atoms with Gasteiger partial charge in [-0.3, -0.25) is 0 Å². The van der Waals surface area contributed by atoms with Crippen LogP contribution in [0.25, 0.3) is 5.82 Å². The fourth-order valence-corrected chi connectivity index (χ4v) is 1.69. The van der Waals surface area contributed by atoms with Gasteiger partial charge < -0.3 is 5.11 Å². The molecule has 5 nitrogen and oxygen atoms in total. The Labute approximate surface area is 105 Å². The van der Waals surface area contributed by atoms with Crippen LogP contribution in [0.4, 0.5) is 0 Å². The number of aromatic carboxylic acids is 1. The maximum absolute atomic E-state index is 10.8. The number of rotatable bonds is 3. The van der Waals surface area contributed by atoms with Gasteiger partial charge in [-0.25, -0.2) is 14.5 Å². The minimum atomic E-state index is -0.972. The second kappa shape index (κ2) is 4.60. The van der Waals surface area contributed by atoms with Gasteiger partial charge in [-0.2, -0.15) is 5.10 Å². The van der Waals surface area contributed by atoms with Crippen LogP contribution in [0.15, 0.2) is 24.5 Å². The molecule has 0 radical (unpaired) electrons. The largest absolute Gasteiger partial charge is 0.478 e. The number of hydrogen-bond donors (Lipinski definition) is 1. The van der Waals surface area contributed by atoms with Gasteiger partial charge >= 0.3 is 5.97 Å². The molecular formula is C13H15N3O2. The molecule has 1 N–H and O–H groups in total. The van der Waals surface area contributed by atoms with Crippen LogP contribution in [0.5, 0.6) is 0 Å². The van der Waals surface area contributed by atoms with Gasteiger partial charge in [0.05, 0.1) is 11.3 Å². The third-order valence-corrected chi connectivity index (χ3v) is 2.72. The van der Waals surface area contributed by atoms with E-state index in [0.717, 1.165) is 11.3 Å². The summed E-state index contributed by atoms with van der Waals surface area (Å²) in [5.74, 6) is 0.0391. The molecule has 0 fully saturated rings. The van der Waals surface area contributed by atoms with Crippen molar-refractivity contribution in [2.45, 2.75) is 26.7 Å². The summed E-state index contributed by atoms with van der Waals surface area (Å²) >= 11 is 0. The molecule has 0 atom stereocenters. The first-order chi connectivity index (χ1) is 8.49. The molecule has 2 heterocycles. The van der Waals surface area contributed by atoms with Crippen LogP contribution in [0.2, 0.25) is 0 Å². The highest BCUT2D eigenvalue weighted by molar-refractivity contribution is 5.87. The lowest BCUT2D eigenvalue weighted by molar-refractivity contribution is 0.0696. The van der Waals surface area contributed by atoms with Gasteiger partial charge in [0.1, 0.15) is 0 Å². The lowest BCUT2D eigenvalue weighted by atomic mass is 10.1. The Morgan fingerprint density at radius 2 is 2.17 bits per heavy atom. The van der Waals surface area contributed by atoms with E-state index < -0.39 is 5.97 Å². The molecule has 5 heteroatoms. The summed E-state index contributed by atoms with van der Waals surface area (Å²) in [6.07, 6.45) is 3.19. The summed E-state index contributed by atoms with van der Waals surface area (Å²) < 4.78 is 1.68. The number of carboxylic acid groups (broad SMARTS) is 1. The Bertz CT molecular complexity index is 588. The molecule has 0 saturated heterocycles. The van der Waals surface area contributed by atoms with Gasteiger partial charge in [-0.15, -0.1) is 0 Å². The van der Waals surface area contributed by atoms with E-state index in [1.807, 2.05) is 19.2 Å². The Morgan fingerprint density at radius 3 is 2.67 bits per heavy atom. The minimum Gasteiger partial charge on any atom is -0.478 e. The van der Waals surface area contributed by atoms with E-state index in [1.54, 1.807) is 10.7 Å². The Hall–Kier alpha value is -2.17. The van der Waals surface area contributed by atoms with E-state index in [-0.39, 0.29) is 5.56 Å². The zero-order chi connectivity index (χ0) is 13.3. The van der Waals surface area contributed by atoms with Gasteiger partial charge in [-0.05, 0) is 30.5 Å². The summed E-state index contributed by atoms with van der Waals surface area (Å²) in [6.45, 7) is 5.96. The van der Waals surface area contributed by atoms with E-state index in [4.69, 9.17) is 5.11 Å². The average molecular weight is 245 g/mol. The molecular weight excluding hydrogens is 230 g/mol. The second-order valence-electron chi connectivity index (χ2n) is 4.51. The molecule has 0 saturated carbocycles. The van der Waals surface area contributed by atoms with Crippen molar-refractivity contribution in [1.82, 2.24) is 14.8 Å². The third kappa shape index (κ3) is 2.25. The van der Waals surface area contributed by atoms with Crippen molar-refractivity contribution in [3.05, 3.63) is 41.3 Å². The molecule has 0 aromatic carbocycles. The topological polar surface area (TPSA) is 68.0 Å². The maximum Gasteiger partial charge on any atom is 0.337 e. The Balaban J connectivity index is 2.41. The van der Waals surface area contributed by atoms with Crippen molar-refractivity contribution < 1.29 is 9.90 Å². The summed E-state index contributed by atoms with van der Waals surface area (Å²) in [4.78, 5) is 15.0. The zero-order valence-corrected chi connectivity index (χ0v) is 10.6. The van der Waals surface area contributed by atoms with Crippen LogP contribution < -0.4 is 0 Å². The zero-order valence-electron chi connectivity index (χ0n) is 10.6. The van der Waals surface area contributed by atoms with Gasteiger partial charge in [0.2, 0.25) is 0 Å². The van der Waals surface area contributed by atoms with E-state index in [9.17, 15) is 4.79 Å². The highest BCUT2D eigenvalue weighted by atomic mass is 16.4. The van der Waals surface area contributed by atoms with Crippen molar-refractivity contribution in [3.8, 4) is 5.82 Å². The Kier molecular flexibility index (Phi) is 3.14. The molecule has 2 aromatic rings. The van der Waals surface area contributed by atoms with Crippen LogP contribution in [-0.2, 0) is 0 Å². The number of pyridine rings is 1. The third-order valence-electron chi connectivity index (χ3n) is 2.72. The minimum absolute atomic E-state index is 0.187. The van der Waals surface area contributed by atoms with Gasteiger partial charge in [0.25, 0.3) is 0 Å². The molecule has 0 aliphatic heterocycles. The van der Waals surface area contributed by atoms with E-state index in [0.29, 0.717) is 11.7 Å². The molecule has 2 rings (SSSR count). The second-order valence-corrected chi connectivity index (χ2v) is 4.51. The van der Waals surface area contributed by atoms with Crippen molar-refractivity contribution in [2.75, 3.05) is 0 Å². The fourth-order valence-electron chi connectivity index (χ4n) is 1.69. The monoisotopic (exact) mass is 245 g/mol. The lowest BCUT2D eigenvalue weighted by Crippen LogP contribution is -2.05. The predicted octanol–water partition coefficient (Wildman–Crippen LogP) is 2.40. The van der Waals surface area contributed by atoms with Crippen molar-refractivity contribution >= 4 is 5.97 Å². The maximum atomic E-state index is 10.8. The number of carbonyl (C=O) groups is 1. The van der Waals surface area contributed by atoms with Crippen LogP contribution in [-0.4, -0.2) is 25.8 Å². The average Bonchev–Trinajstić information content (AvgIpc) is 2.78. The van der Waals surface area contributed by atoms with Crippen LogP contribution in [0.3, 0.4) is 0 Å². The molecule has 0 bridgehead atoms. The lowest BCUT2D eigenvalue weighted by Gasteiger charge is -2.06. The number of hydrogen-bond acceptors (Lipinski definition) is 3. The summed E-state index contributed by atoms with van der Waals surface area (Å²) in [5.41, 5.74) is 1.96. The summed E-state index contributed by atoms with van der Waals surface area (Å²) in [7, 11) is 0. The van der Waals surface area contributed by atoms with Crippen molar-refractivity contribution in [2.24, 2.45) is 0 Å². The number of aromatic nitrogens is 3. The van der Waals surface area contributed by atoms with Crippen molar-refractivity contribution in [1.29, 1.82) is 0 Å². The molecule has 0 aliphatic rings. The van der Waals surface area contributed by atoms with Gasteiger partial charge in [0, 0.05) is 12.4 Å². The van der Waals surface area contributed by atoms with E-state index >= 15 is 0 Å². The van der Waals surface area contributed by atoms with E-state index in [1.165, 1.54) is 6.20 Å². The molecule has 0 spiro atoms. The fraction of sp³-hybridized carbons (Fsp3) is 0.308. The molecule has 18 heavy (non-hydrogen) atoms. The van der Waals surface area contributed by atoms with Crippen LogP contribution >= 0.6 is 0 Å². The first-order valence-corrected chi connectivity index (χ1v) is 5.75. The molecule has 0 aliphatic carbocycles. The normalized spacial score (nSPS) is 10.9. The molecule has 2 aromatic heterocycles. The first-order valence-electron chi connectivity index (χ1n) is 5.75. The van der Waals surface area contributed by atoms with Crippen LogP contribution in [0, 0.1) is 6.92 Å². The highest BCUT2D eigenvalue weighted by Gasteiger charge is 2.10. The predicted molar refractivity (Wildman–Crippen MR) is 67.1 cm³/mol. The molecule has 94 valence electrons. The number of aryl methyl sites for hydroxylation is 1. The quantitative estimate of drug-likeness (QED) is 0.901. The van der Waals surface area contributed by atoms with Gasteiger partial charge in [-0.1, -0.05) is 13.8 Å². The summed E-state index contributed by atoms with van der Waals surface area (Å²) in [5, 5.41) is 13.3. The smallest absolute Gasteiger partial charge is 0.337 e. The molecule has 0 amide bonds. The molecule has 0 unspecified atom stereocenters. The highest BCUT2D eigenvalue weighted by Crippen LogP contribution is 2.16. The van der Waals surface area contributed by atoms with Crippen LogP contribution in [0.1, 0.15) is 41.4 Å². The summed E-state index contributed by atoms with van der Waals surface area (Å²) in [6, 6.07) is 3.54. The Morgan fingerprint density at radius 1 is 1.44 bits per heavy atom. The number of nitrogens with zero attached hydrogens (tertiary/aromatic N) is 3. The number of carboxylic acids is 1. The van der Waals surface area contributed by atoms with E-state index in [2.05, 4.69) is 23.9 Å².